The van der Waals surface area contributed by atoms with Crippen molar-refractivity contribution in [2.45, 2.75) is 0 Å². The van der Waals surface area contributed by atoms with Crippen molar-refractivity contribution in [1.29, 1.82) is 0 Å². The molecule has 0 aliphatic rings. The van der Waals surface area contributed by atoms with Gasteiger partial charge < -0.3 is 4.74 Å². The number of aromatic nitrogens is 1. The summed E-state index contributed by atoms with van der Waals surface area (Å²) in [4.78, 5) is 37.0. The number of nitrogens with one attached hydrogen (secondary N) is 1. The zero-order chi connectivity index (χ0) is 18.8. The van der Waals surface area contributed by atoms with E-state index in [4.69, 9.17) is 4.74 Å². The molecule has 1 heterocycles. The molecule has 0 spiro atoms. The molecule has 26 heavy (non-hydrogen) atoms. The molecule has 0 aliphatic heterocycles. The molecule has 0 bridgehead atoms. The molecule has 1 N–H and O–H groups in total. The zero-order valence-electron chi connectivity index (χ0n) is 13.2. The summed E-state index contributed by atoms with van der Waals surface area (Å²) in [6.45, 7) is 0. The summed E-state index contributed by atoms with van der Waals surface area (Å²) in [7, 11) is 1.37. The Hall–Kier alpha value is -3.60. The summed E-state index contributed by atoms with van der Waals surface area (Å²) in [5.74, 6) is -0.284. The number of rotatable bonds is 5. The van der Waals surface area contributed by atoms with Crippen molar-refractivity contribution in [2.24, 2.45) is 0 Å². The van der Waals surface area contributed by atoms with Gasteiger partial charge in [0.05, 0.1) is 27.7 Å². The number of amides is 1. The molecule has 10 nitrogen and oxygen atoms in total. The number of ether oxygens (including phenoxy) is 1. The number of carbonyl (C=O) groups is 1. The summed E-state index contributed by atoms with van der Waals surface area (Å²) in [6, 6.07) is 7.69. The van der Waals surface area contributed by atoms with E-state index in [9.17, 15) is 25.0 Å². The maximum absolute atomic E-state index is 12.2. The van der Waals surface area contributed by atoms with E-state index in [1.54, 1.807) is 0 Å². The molecule has 3 aromatic rings. The van der Waals surface area contributed by atoms with Crippen molar-refractivity contribution in [2.75, 3.05) is 12.4 Å². The number of benzene rings is 2. The molecule has 0 fully saturated rings. The molecule has 0 unspecified atom stereocenters. The monoisotopic (exact) mass is 374 g/mol. The molecule has 1 aromatic heterocycles. The summed E-state index contributed by atoms with van der Waals surface area (Å²) in [5, 5.41) is 24.4. The molecule has 11 heteroatoms. The van der Waals surface area contributed by atoms with E-state index in [1.807, 2.05) is 0 Å². The summed E-state index contributed by atoms with van der Waals surface area (Å²) in [5.41, 5.74) is 0.333. The summed E-state index contributed by atoms with van der Waals surface area (Å²) < 4.78 is 5.60. The van der Waals surface area contributed by atoms with E-state index in [1.165, 1.54) is 43.5 Å². The first-order valence-electron chi connectivity index (χ1n) is 7.08. The van der Waals surface area contributed by atoms with E-state index in [0.29, 0.717) is 10.2 Å². The Labute approximate surface area is 149 Å². The Balaban J connectivity index is 1.89. The van der Waals surface area contributed by atoms with E-state index >= 15 is 0 Å². The number of anilines is 1. The van der Waals surface area contributed by atoms with Crippen LogP contribution in [0.25, 0.3) is 10.2 Å². The first-order chi connectivity index (χ1) is 12.4. The molecular weight excluding hydrogens is 364 g/mol. The van der Waals surface area contributed by atoms with Gasteiger partial charge in [-0.3, -0.25) is 30.3 Å². The van der Waals surface area contributed by atoms with Crippen LogP contribution >= 0.6 is 11.3 Å². The lowest BCUT2D eigenvalue weighted by Crippen LogP contribution is -2.11. The Morgan fingerprint density at radius 2 is 1.77 bits per heavy atom. The lowest BCUT2D eigenvalue weighted by Gasteiger charge is -2.01. The third-order valence-corrected chi connectivity index (χ3v) is 4.35. The van der Waals surface area contributed by atoms with Gasteiger partial charge in [0, 0.05) is 23.8 Å². The lowest BCUT2D eigenvalue weighted by atomic mass is 10.2. The van der Waals surface area contributed by atoms with Gasteiger partial charge in [-0.1, -0.05) is 11.3 Å². The molecule has 132 valence electrons. The van der Waals surface area contributed by atoms with Gasteiger partial charge in [0.25, 0.3) is 17.3 Å². The van der Waals surface area contributed by atoms with Gasteiger partial charge in [0.2, 0.25) is 0 Å². The highest BCUT2D eigenvalue weighted by Gasteiger charge is 2.18. The molecular formula is C15H10N4O6S. The second kappa shape index (κ2) is 6.72. The highest BCUT2D eigenvalue weighted by molar-refractivity contribution is 7.22. The average molecular weight is 374 g/mol. The van der Waals surface area contributed by atoms with Crippen LogP contribution in [0.3, 0.4) is 0 Å². The smallest absolute Gasteiger partial charge is 0.274 e. The van der Waals surface area contributed by atoms with Crippen LogP contribution in [0.15, 0.2) is 36.4 Å². The number of hydrogen-bond acceptors (Lipinski definition) is 8. The Morgan fingerprint density at radius 3 is 2.35 bits per heavy atom. The zero-order valence-corrected chi connectivity index (χ0v) is 14.0. The average Bonchev–Trinajstić information content (AvgIpc) is 3.03. The number of carbonyl (C=O) groups excluding carboxylic acids is 1. The maximum atomic E-state index is 12.2. The lowest BCUT2D eigenvalue weighted by molar-refractivity contribution is -0.385. The standard InChI is InChI=1S/C15H10N4O6S/c1-25-11-6-10(19(23)24)7-12-13(11)16-15(26-12)17-14(20)8-2-4-9(5-3-8)18(21)22/h2-7H,1H3,(H,16,17,20). The molecule has 0 atom stereocenters. The van der Waals surface area contributed by atoms with Crippen molar-refractivity contribution < 1.29 is 19.4 Å². The van der Waals surface area contributed by atoms with E-state index in [-0.39, 0.29) is 27.8 Å². The number of methoxy groups -OCH3 is 1. The number of nitro groups is 2. The number of non-ortho nitro benzene ring substituents is 2. The third-order valence-electron chi connectivity index (χ3n) is 3.44. The van der Waals surface area contributed by atoms with Gasteiger partial charge in [-0.15, -0.1) is 0 Å². The van der Waals surface area contributed by atoms with Gasteiger partial charge in [0.1, 0.15) is 5.52 Å². The first kappa shape index (κ1) is 17.2. The van der Waals surface area contributed by atoms with Crippen LogP contribution < -0.4 is 10.1 Å². The van der Waals surface area contributed by atoms with E-state index in [0.717, 1.165) is 11.3 Å². The fourth-order valence-corrected chi connectivity index (χ4v) is 3.11. The second-order valence-electron chi connectivity index (χ2n) is 5.03. The highest BCUT2D eigenvalue weighted by atomic mass is 32.1. The molecule has 0 radical (unpaired) electrons. The first-order valence-corrected chi connectivity index (χ1v) is 7.89. The van der Waals surface area contributed by atoms with Crippen LogP contribution in [-0.2, 0) is 0 Å². The predicted molar refractivity (Wildman–Crippen MR) is 93.9 cm³/mol. The van der Waals surface area contributed by atoms with Crippen molar-refractivity contribution in [3.05, 3.63) is 62.2 Å². The van der Waals surface area contributed by atoms with Gasteiger partial charge >= 0.3 is 0 Å². The van der Waals surface area contributed by atoms with Gasteiger partial charge in [-0.2, -0.15) is 0 Å². The fourth-order valence-electron chi connectivity index (χ4n) is 2.20. The molecule has 1 amide bonds. The number of nitrogens with zero attached hydrogens (tertiary/aromatic N) is 3. The van der Waals surface area contributed by atoms with Crippen molar-refractivity contribution in [1.82, 2.24) is 4.98 Å². The summed E-state index contributed by atoms with van der Waals surface area (Å²) in [6.07, 6.45) is 0. The normalized spacial score (nSPS) is 10.5. The van der Waals surface area contributed by atoms with Crippen LogP contribution in [0.2, 0.25) is 0 Å². The molecule has 3 rings (SSSR count). The van der Waals surface area contributed by atoms with E-state index in [2.05, 4.69) is 10.3 Å². The van der Waals surface area contributed by atoms with Gasteiger partial charge in [0.15, 0.2) is 10.9 Å². The van der Waals surface area contributed by atoms with Crippen LogP contribution in [-0.4, -0.2) is 27.8 Å². The predicted octanol–water partition coefficient (Wildman–Crippen LogP) is 3.37. The van der Waals surface area contributed by atoms with Crippen molar-refractivity contribution in [3.63, 3.8) is 0 Å². The largest absolute Gasteiger partial charge is 0.494 e. The SMILES string of the molecule is COc1cc([N+](=O)[O-])cc2sc(NC(=O)c3ccc([N+](=O)[O-])cc3)nc12. The number of nitro benzene ring substituents is 2. The molecule has 0 aliphatic carbocycles. The number of hydrogen-bond donors (Lipinski definition) is 1. The highest BCUT2D eigenvalue weighted by Crippen LogP contribution is 2.36. The minimum Gasteiger partial charge on any atom is -0.494 e. The van der Waals surface area contributed by atoms with Crippen LogP contribution in [0.4, 0.5) is 16.5 Å². The summed E-state index contributed by atoms with van der Waals surface area (Å²) >= 11 is 1.05. The maximum Gasteiger partial charge on any atom is 0.274 e. The second-order valence-corrected chi connectivity index (χ2v) is 6.06. The van der Waals surface area contributed by atoms with Gasteiger partial charge in [-0.25, -0.2) is 4.98 Å². The van der Waals surface area contributed by atoms with Gasteiger partial charge in [-0.05, 0) is 12.1 Å². The number of thiazole rings is 1. The van der Waals surface area contributed by atoms with E-state index < -0.39 is 15.8 Å². The minimum atomic E-state index is -0.561. The Bertz CT molecular complexity index is 1030. The molecule has 2 aromatic carbocycles. The Kier molecular flexibility index (Phi) is 4.45. The molecule has 0 saturated carbocycles. The molecule has 0 saturated heterocycles. The fraction of sp³-hybridized carbons (Fsp3) is 0.0667. The van der Waals surface area contributed by atoms with Crippen molar-refractivity contribution in [3.8, 4) is 5.75 Å². The minimum absolute atomic E-state index is 0.126. The van der Waals surface area contributed by atoms with Crippen LogP contribution in [0, 0.1) is 20.2 Å². The van der Waals surface area contributed by atoms with Crippen LogP contribution in [0.5, 0.6) is 5.75 Å². The Morgan fingerprint density at radius 1 is 1.12 bits per heavy atom. The quantitative estimate of drug-likeness (QED) is 0.533. The number of fused-ring (bicyclic) bond motifs is 1. The third kappa shape index (κ3) is 3.28. The van der Waals surface area contributed by atoms with Crippen molar-refractivity contribution >= 4 is 44.0 Å². The topological polar surface area (TPSA) is 138 Å². The van der Waals surface area contributed by atoms with Crippen LogP contribution in [0.1, 0.15) is 10.4 Å².